The monoisotopic (exact) mass is 498 g/mol. The normalized spacial score (nSPS) is 16.7. The van der Waals surface area contributed by atoms with E-state index in [1.807, 2.05) is 17.5 Å². The molecule has 0 fully saturated rings. The fourth-order valence-electron chi connectivity index (χ4n) is 4.64. The number of aromatic nitrogens is 6. The van der Waals surface area contributed by atoms with Crippen LogP contribution >= 0.6 is 0 Å². The highest BCUT2D eigenvalue weighted by Crippen LogP contribution is 2.44. The molecule has 1 aromatic carbocycles. The molecule has 5 heterocycles. The summed E-state index contributed by atoms with van der Waals surface area (Å²) in [5, 5.41) is 2.77. The number of nitrogens with zero attached hydrogens (tertiary/aromatic N) is 6. The average Bonchev–Trinajstić information content (AvgIpc) is 3.37. The molecule has 1 amide bonds. The molecule has 1 aliphatic heterocycles. The van der Waals surface area contributed by atoms with E-state index in [4.69, 9.17) is 10.7 Å². The predicted molar refractivity (Wildman–Crippen MR) is 132 cm³/mol. The fourth-order valence-corrected chi connectivity index (χ4v) is 4.64. The number of hydrogen-bond donors (Lipinski definition) is 2. The lowest BCUT2D eigenvalue weighted by molar-refractivity contribution is -0.119. The van der Waals surface area contributed by atoms with E-state index in [1.165, 1.54) is 24.3 Å². The summed E-state index contributed by atoms with van der Waals surface area (Å²) < 4.78 is 28.7. The van der Waals surface area contributed by atoms with E-state index in [2.05, 4.69) is 25.3 Å². The van der Waals surface area contributed by atoms with Crippen molar-refractivity contribution in [1.82, 2.24) is 29.3 Å². The largest absolute Gasteiger partial charge is 0.383 e. The summed E-state index contributed by atoms with van der Waals surface area (Å²) >= 11 is 0. The van der Waals surface area contributed by atoms with Gasteiger partial charge in [-0.15, -0.1) is 0 Å². The van der Waals surface area contributed by atoms with Crippen LogP contribution in [0.1, 0.15) is 35.1 Å². The minimum Gasteiger partial charge on any atom is -0.383 e. The van der Waals surface area contributed by atoms with Crippen LogP contribution in [0.5, 0.6) is 0 Å². The van der Waals surface area contributed by atoms with Gasteiger partial charge in [0.25, 0.3) is 0 Å². The summed E-state index contributed by atoms with van der Waals surface area (Å²) in [6, 6.07) is 8.86. The highest BCUT2D eigenvalue weighted by Gasteiger charge is 2.48. The number of rotatable bonds is 4. The van der Waals surface area contributed by atoms with Gasteiger partial charge < -0.3 is 15.5 Å². The van der Waals surface area contributed by atoms with Crippen molar-refractivity contribution in [2.45, 2.75) is 25.7 Å². The summed E-state index contributed by atoms with van der Waals surface area (Å²) in [4.78, 5) is 35.6. The Morgan fingerprint density at radius 2 is 1.76 bits per heavy atom. The molecule has 6 rings (SSSR count). The molecular weight excluding hydrogens is 478 g/mol. The van der Waals surface area contributed by atoms with Gasteiger partial charge in [0.2, 0.25) is 5.91 Å². The van der Waals surface area contributed by atoms with Crippen molar-refractivity contribution in [3.63, 3.8) is 0 Å². The first-order valence-corrected chi connectivity index (χ1v) is 11.4. The second-order valence-electron chi connectivity index (χ2n) is 9.09. The number of imidazole rings is 1. The Morgan fingerprint density at radius 3 is 2.49 bits per heavy atom. The number of anilines is 2. The third-order valence-corrected chi connectivity index (χ3v) is 6.50. The zero-order valence-electron chi connectivity index (χ0n) is 19.8. The van der Waals surface area contributed by atoms with Crippen molar-refractivity contribution in [3.05, 3.63) is 94.8 Å². The SMILES string of the molecule is Cc1cn2cc(-c3nc(N)c4c(n3)NC(=O)C4(C)c3ccc(F)cn3)nc(Cc3ccc(F)cc3)c2n1. The molecule has 4 aromatic heterocycles. The first kappa shape index (κ1) is 22.7. The molecule has 0 bridgehead atoms. The number of benzene rings is 1. The van der Waals surface area contributed by atoms with E-state index in [9.17, 15) is 13.6 Å². The maximum absolute atomic E-state index is 13.5. The molecule has 1 aliphatic rings. The van der Waals surface area contributed by atoms with Crippen LogP contribution in [-0.2, 0) is 16.6 Å². The van der Waals surface area contributed by atoms with Crippen LogP contribution in [0.4, 0.5) is 20.4 Å². The van der Waals surface area contributed by atoms with E-state index in [0.29, 0.717) is 34.7 Å². The van der Waals surface area contributed by atoms with Crippen LogP contribution in [0.25, 0.3) is 17.2 Å². The second kappa shape index (κ2) is 8.12. The molecule has 11 heteroatoms. The van der Waals surface area contributed by atoms with Gasteiger partial charge in [0, 0.05) is 18.8 Å². The minimum absolute atomic E-state index is 0.0794. The number of amides is 1. The summed E-state index contributed by atoms with van der Waals surface area (Å²) in [5.41, 5.74) is 9.14. The van der Waals surface area contributed by atoms with Gasteiger partial charge in [-0.25, -0.2) is 28.7 Å². The topological polar surface area (TPSA) is 124 Å². The van der Waals surface area contributed by atoms with Gasteiger partial charge in [-0.1, -0.05) is 12.1 Å². The van der Waals surface area contributed by atoms with E-state index in [-0.39, 0.29) is 23.3 Å². The lowest BCUT2D eigenvalue weighted by Crippen LogP contribution is -2.34. The van der Waals surface area contributed by atoms with Crippen LogP contribution < -0.4 is 11.1 Å². The van der Waals surface area contributed by atoms with Crippen LogP contribution in [0.15, 0.2) is 55.0 Å². The molecule has 0 radical (unpaired) electrons. The smallest absolute Gasteiger partial charge is 0.242 e. The maximum atomic E-state index is 13.5. The first-order valence-electron chi connectivity index (χ1n) is 11.4. The molecule has 0 saturated carbocycles. The van der Waals surface area contributed by atoms with Crippen molar-refractivity contribution in [3.8, 4) is 11.5 Å². The Labute approximate surface area is 209 Å². The summed E-state index contributed by atoms with van der Waals surface area (Å²) in [5.74, 6) is -0.704. The van der Waals surface area contributed by atoms with Gasteiger partial charge in [0.15, 0.2) is 11.5 Å². The van der Waals surface area contributed by atoms with Crippen molar-refractivity contribution >= 4 is 23.2 Å². The van der Waals surface area contributed by atoms with Crippen LogP contribution in [0, 0.1) is 18.6 Å². The Kier molecular flexibility index (Phi) is 4.97. The number of nitrogen functional groups attached to an aromatic ring is 1. The van der Waals surface area contributed by atoms with Crippen molar-refractivity contribution in [1.29, 1.82) is 0 Å². The van der Waals surface area contributed by atoms with Gasteiger partial charge in [-0.2, -0.15) is 0 Å². The van der Waals surface area contributed by atoms with Gasteiger partial charge in [-0.3, -0.25) is 9.78 Å². The maximum Gasteiger partial charge on any atom is 0.242 e. The summed E-state index contributed by atoms with van der Waals surface area (Å²) in [7, 11) is 0. The standard InChI is InChI=1S/C26H20F2N8O/c1-13-11-36-12-18(32-17(24(36)31-13)9-14-3-5-15(27)6-4-14)22-33-21(29)20-23(34-22)35-25(37)26(20,2)19-8-7-16(28)10-30-19/h3-8,10-12H,9H2,1-2H3,(H3,29,33,34,35,37). The summed E-state index contributed by atoms with van der Waals surface area (Å²) in [6.07, 6.45) is 5.04. The lowest BCUT2D eigenvalue weighted by Gasteiger charge is -2.22. The molecule has 9 nitrogen and oxygen atoms in total. The van der Waals surface area contributed by atoms with Crippen molar-refractivity contribution in [2.75, 3.05) is 11.1 Å². The average molecular weight is 498 g/mol. The van der Waals surface area contributed by atoms with Gasteiger partial charge >= 0.3 is 0 Å². The van der Waals surface area contributed by atoms with E-state index < -0.39 is 17.1 Å². The Hall–Kier alpha value is -4.80. The molecule has 3 N–H and O–H groups in total. The summed E-state index contributed by atoms with van der Waals surface area (Å²) in [6.45, 7) is 3.52. The number of pyridine rings is 1. The number of carbonyl (C=O) groups is 1. The molecule has 1 atom stereocenters. The number of fused-ring (bicyclic) bond motifs is 2. The predicted octanol–water partition coefficient (Wildman–Crippen LogP) is 3.60. The third-order valence-electron chi connectivity index (χ3n) is 6.50. The van der Waals surface area contributed by atoms with Gasteiger partial charge in [0.05, 0.1) is 28.8 Å². The number of hydrogen-bond acceptors (Lipinski definition) is 7. The molecule has 0 spiro atoms. The number of halogens is 2. The molecule has 37 heavy (non-hydrogen) atoms. The highest BCUT2D eigenvalue weighted by atomic mass is 19.1. The first-order chi connectivity index (χ1) is 17.7. The molecular formula is C26H20F2N8O. The lowest BCUT2D eigenvalue weighted by atomic mass is 9.81. The van der Waals surface area contributed by atoms with Crippen LogP contribution in [0.2, 0.25) is 0 Å². The number of carbonyl (C=O) groups excluding carboxylic acids is 1. The van der Waals surface area contributed by atoms with Crippen molar-refractivity contribution < 1.29 is 13.6 Å². The van der Waals surface area contributed by atoms with E-state index in [1.54, 1.807) is 25.3 Å². The van der Waals surface area contributed by atoms with Crippen LogP contribution in [-0.4, -0.2) is 35.2 Å². The van der Waals surface area contributed by atoms with Gasteiger partial charge in [-0.05, 0) is 43.7 Å². The number of aryl methyl sites for hydroxylation is 1. The Balaban J connectivity index is 1.47. The Bertz CT molecular complexity index is 1700. The van der Waals surface area contributed by atoms with E-state index in [0.717, 1.165) is 17.5 Å². The zero-order chi connectivity index (χ0) is 25.9. The molecule has 0 saturated heterocycles. The van der Waals surface area contributed by atoms with E-state index >= 15 is 0 Å². The molecule has 5 aromatic rings. The van der Waals surface area contributed by atoms with Gasteiger partial charge in [0.1, 0.15) is 34.4 Å². The second-order valence-corrected chi connectivity index (χ2v) is 9.09. The number of nitrogens with one attached hydrogen (secondary N) is 1. The minimum atomic E-state index is -1.29. The molecule has 0 aliphatic carbocycles. The van der Waals surface area contributed by atoms with Crippen molar-refractivity contribution in [2.24, 2.45) is 0 Å². The Morgan fingerprint density at radius 1 is 1.00 bits per heavy atom. The fraction of sp³-hybridized carbons (Fsp3) is 0.154. The molecule has 184 valence electrons. The highest BCUT2D eigenvalue weighted by molar-refractivity contribution is 6.08. The quantitative estimate of drug-likeness (QED) is 0.388. The zero-order valence-corrected chi connectivity index (χ0v) is 19.8. The van der Waals surface area contributed by atoms with Crippen LogP contribution in [0.3, 0.4) is 0 Å². The number of nitrogens with two attached hydrogens (primary N) is 1. The third kappa shape index (κ3) is 3.66. The molecule has 1 unspecified atom stereocenters.